The van der Waals surface area contributed by atoms with Gasteiger partial charge in [0.15, 0.2) is 0 Å². The molecule has 3 rings (SSSR count). The first-order valence-electron chi connectivity index (χ1n) is 7.05. The van der Waals surface area contributed by atoms with Gasteiger partial charge in [-0.05, 0) is 37.8 Å². The van der Waals surface area contributed by atoms with Gasteiger partial charge in [-0.15, -0.1) is 0 Å². The van der Waals surface area contributed by atoms with E-state index >= 15 is 0 Å². The van der Waals surface area contributed by atoms with E-state index in [2.05, 4.69) is 28.0 Å². The lowest BCUT2D eigenvalue weighted by atomic mass is 9.74. The van der Waals surface area contributed by atoms with Crippen LogP contribution >= 0.6 is 0 Å². The summed E-state index contributed by atoms with van der Waals surface area (Å²) in [5.41, 5.74) is 5.92. The second-order valence-electron chi connectivity index (χ2n) is 5.50. The standard InChI is InChI=1S/C16H19N3O/c1-11-5-7-13(8-6-11)17-10-16(20)19-18-15-9-12-3-2-4-14(12)15/h2-3,5-8,12,14,17H,4,9-10H2,1H3,(H,19,20)/b18-15+. The number of amides is 1. The molecule has 1 aromatic rings. The number of nitrogens with one attached hydrogen (secondary N) is 2. The molecule has 2 unspecified atom stereocenters. The van der Waals surface area contributed by atoms with Gasteiger partial charge in [-0.3, -0.25) is 4.79 Å². The van der Waals surface area contributed by atoms with Crippen molar-refractivity contribution in [2.24, 2.45) is 16.9 Å². The van der Waals surface area contributed by atoms with E-state index in [1.54, 1.807) is 0 Å². The van der Waals surface area contributed by atoms with Crippen LogP contribution in [0.2, 0.25) is 0 Å². The molecule has 104 valence electrons. The minimum absolute atomic E-state index is 0.104. The smallest absolute Gasteiger partial charge is 0.259 e. The maximum absolute atomic E-state index is 11.7. The highest BCUT2D eigenvalue weighted by molar-refractivity contribution is 5.95. The third-order valence-electron chi connectivity index (χ3n) is 3.99. The summed E-state index contributed by atoms with van der Waals surface area (Å²) in [4.78, 5) is 11.7. The molecule has 2 N–H and O–H groups in total. The normalized spacial score (nSPS) is 25.1. The molecule has 1 aromatic carbocycles. The fourth-order valence-electron chi connectivity index (χ4n) is 2.69. The van der Waals surface area contributed by atoms with Gasteiger partial charge in [0.25, 0.3) is 5.91 Å². The Hall–Kier alpha value is -2.10. The van der Waals surface area contributed by atoms with Crippen LogP contribution in [0.3, 0.4) is 0 Å². The Kier molecular flexibility index (Phi) is 3.54. The molecule has 1 amide bonds. The Balaban J connectivity index is 1.44. The van der Waals surface area contributed by atoms with Gasteiger partial charge in [-0.2, -0.15) is 5.10 Å². The minimum Gasteiger partial charge on any atom is -0.376 e. The number of fused-ring (bicyclic) bond motifs is 1. The van der Waals surface area contributed by atoms with Crippen LogP contribution in [0.15, 0.2) is 41.5 Å². The summed E-state index contributed by atoms with van der Waals surface area (Å²) in [5.74, 6) is 1.10. The number of hydrogen-bond donors (Lipinski definition) is 2. The van der Waals surface area contributed by atoms with Gasteiger partial charge < -0.3 is 5.32 Å². The fraction of sp³-hybridized carbons (Fsp3) is 0.375. The summed E-state index contributed by atoms with van der Waals surface area (Å²) in [6, 6.07) is 7.97. The van der Waals surface area contributed by atoms with Crippen molar-refractivity contribution in [2.45, 2.75) is 19.8 Å². The van der Waals surface area contributed by atoms with Crippen molar-refractivity contribution in [1.82, 2.24) is 5.43 Å². The number of hydrogen-bond acceptors (Lipinski definition) is 3. The summed E-state index contributed by atoms with van der Waals surface area (Å²) < 4.78 is 0. The Morgan fingerprint density at radius 3 is 2.90 bits per heavy atom. The minimum atomic E-state index is -0.104. The number of allylic oxidation sites excluding steroid dienone is 2. The zero-order valence-electron chi connectivity index (χ0n) is 11.6. The molecule has 20 heavy (non-hydrogen) atoms. The number of aryl methyl sites for hydroxylation is 1. The summed E-state index contributed by atoms with van der Waals surface area (Å²) in [7, 11) is 0. The molecule has 4 heteroatoms. The summed E-state index contributed by atoms with van der Waals surface area (Å²) in [5, 5.41) is 7.32. The van der Waals surface area contributed by atoms with E-state index in [4.69, 9.17) is 0 Å². The van der Waals surface area contributed by atoms with Gasteiger partial charge in [0, 0.05) is 17.3 Å². The van der Waals surface area contributed by atoms with Gasteiger partial charge in [-0.1, -0.05) is 29.8 Å². The van der Waals surface area contributed by atoms with Crippen LogP contribution in [0.25, 0.3) is 0 Å². The highest BCUT2D eigenvalue weighted by atomic mass is 16.2. The molecular formula is C16H19N3O. The molecule has 0 aromatic heterocycles. The Morgan fingerprint density at radius 2 is 2.15 bits per heavy atom. The van der Waals surface area contributed by atoms with E-state index in [1.165, 1.54) is 5.56 Å². The first kappa shape index (κ1) is 12.9. The second kappa shape index (κ2) is 5.49. The molecular weight excluding hydrogens is 250 g/mol. The van der Waals surface area contributed by atoms with Crippen molar-refractivity contribution in [3.05, 3.63) is 42.0 Å². The van der Waals surface area contributed by atoms with Gasteiger partial charge in [0.2, 0.25) is 0 Å². The monoisotopic (exact) mass is 269 g/mol. The average molecular weight is 269 g/mol. The molecule has 4 nitrogen and oxygen atoms in total. The lowest BCUT2D eigenvalue weighted by Gasteiger charge is -2.31. The zero-order chi connectivity index (χ0) is 13.9. The van der Waals surface area contributed by atoms with Crippen LogP contribution in [0.1, 0.15) is 18.4 Å². The molecule has 0 radical (unpaired) electrons. The molecule has 2 aliphatic carbocycles. The van der Waals surface area contributed by atoms with Crippen molar-refractivity contribution in [1.29, 1.82) is 0 Å². The molecule has 2 atom stereocenters. The van der Waals surface area contributed by atoms with Crippen LogP contribution < -0.4 is 10.7 Å². The van der Waals surface area contributed by atoms with E-state index in [9.17, 15) is 4.79 Å². The summed E-state index contributed by atoms with van der Waals surface area (Å²) in [6.07, 6.45) is 6.52. The highest BCUT2D eigenvalue weighted by Crippen LogP contribution is 2.39. The molecule has 0 spiro atoms. The maximum Gasteiger partial charge on any atom is 0.259 e. The van der Waals surface area contributed by atoms with Crippen molar-refractivity contribution in [3.63, 3.8) is 0 Å². The number of anilines is 1. The van der Waals surface area contributed by atoms with E-state index in [-0.39, 0.29) is 12.5 Å². The van der Waals surface area contributed by atoms with Gasteiger partial charge in [-0.25, -0.2) is 5.43 Å². The highest BCUT2D eigenvalue weighted by Gasteiger charge is 2.37. The summed E-state index contributed by atoms with van der Waals surface area (Å²) in [6.45, 7) is 2.28. The number of hydrazone groups is 1. The third kappa shape index (κ3) is 2.74. The molecule has 2 aliphatic rings. The Labute approximate surface area is 119 Å². The van der Waals surface area contributed by atoms with Crippen molar-refractivity contribution < 1.29 is 4.79 Å². The largest absolute Gasteiger partial charge is 0.376 e. The third-order valence-corrected chi connectivity index (χ3v) is 3.99. The van der Waals surface area contributed by atoms with Crippen LogP contribution in [0, 0.1) is 18.8 Å². The van der Waals surface area contributed by atoms with Crippen LogP contribution in [-0.2, 0) is 4.79 Å². The lowest BCUT2D eigenvalue weighted by molar-refractivity contribution is -0.119. The zero-order valence-corrected chi connectivity index (χ0v) is 11.6. The van der Waals surface area contributed by atoms with Gasteiger partial charge >= 0.3 is 0 Å². The molecule has 0 saturated heterocycles. The number of nitrogens with zero attached hydrogens (tertiary/aromatic N) is 1. The number of carbonyl (C=O) groups is 1. The first-order valence-corrected chi connectivity index (χ1v) is 7.05. The Bertz CT molecular complexity index is 560. The molecule has 1 saturated carbocycles. The van der Waals surface area contributed by atoms with E-state index in [1.807, 2.05) is 31.2 Å². The predicted octanol–water partition coefficient (Wildman–Crippen LogP) is 2.48. The van der Waals surface area contributed by atoms with Gasteiger partial charge in [0.05, 0.1) is 6.54 Å². The van der Waals surface area contributed by atoms with Crippen molar-refractivity contribution in [2.75, 3.05) is 11.9 Å². The quantitative estimate of drug-likeness (QED) is 0.651. The molecule has 1 fully saturated rings. The molecule has 0 heterocycles. The van der Waals surface area contributed by atoms with Crippen LogP contribution in [0.4, 0.5) is 5.69 Å². The van der Waals surface area contributed by atoms with Crippen molar-refractivity contribution >= 4 is 17.3 Å². The molecule has 0 aliphatic heterocycles. The Morgan fingerprint density at radius 1 is 1.35 bits per heavy atom. The topological polar surface area (TPSA) is 53.5 Å². The average Bonchev–Trinajstić information content (AvgIpc) is 2.80. The van der Waals surface area contributed by atoms with Crippen LogP contribution in [-0.4, -0.2) is 18.2 Å². The summed E-state index contributed by atoms with van der Waals surface area (Å²) >= 11 is 0. The number of benzene rings is 1. The number of rotatable bonds is 4. The molecule has 0 bridgehead atoms. The maximum atomic E-state index is 11.7. The van der Waals surface area contributed by atoms with Gasteiger partial charge in [0.1, 0.15) is 0 Å². The number of carbonyl (C=O) groups excluding carboxylic acids is 1. The van der Waals surface area contributed by atoms with Crippen molar-refractivity contribution in [3.8, 4) is 0 Å². The van der Waals surface area contributed by atoms with E-state index in [0.29, 0.717) is 11.8 Å². The fourth-order valence-corrected chi connectivity index (χ4v) is 2.69. The van der Waals surface area contributed by atoms with Crippen LogP contribution in [0.5, 0.6) is 0 Å². The van der Waals surface area contributed by atoms with E-state index in [0.717, 1.165) is 24.2 Å². The van der Waals surface area contributed by atoms with E-state index < -0.39 is 0 Å². The second-order valence-corrected chi connectivity index (χ2v) is 5.50. The first-order chi connectivity index (χ1) is 9.72. The SMILES string of the molecule is Cc1ccc(NCC(=O)N/N=C2\CC3C=CCC23)cc1. The predicted molar refractivity (Wildman–Crippen MR) is 80.6 cm³/mol. The lowest BCUT2D eigenvalue weighted by Crippen LogP contribution is -2.36.